The predicted octanol–water partition coefficient (Wildman–Crippen LogP) is 4.21. The van der Waals surface area contributed by atoms with Gasteiger partial charge in [-0.05, 0) is 30.0 Å². The number of hydrogen-bond acceptors (Lipinski definition) is 6. The number of ether oxygens (including phenoxy) is 1. The minimum atomic E-state index is -0.397. The van der Waals surface area contributed by atoms with Gasteiger partial charge in [0.05, 0.1) is 5.56 Å². The molecule has 0 radical (unpaired) electrons. The first-order valence-corrected chi connectivity index (χ1v) is 8.53. The summed E-state index contributed by atoms with van der Waals surface area (Å²) < 4.78 is 10.8. The summed E-state index contributed by atoms with van der Waals surface area (Å²) in [5.41, 5.74) is 1.37. The summed E-state index contributed by atoms with van der Waals surface area (Å²) in [5.74, 6) is 1.16. The Kier molecular flexibility index (Phi) is 5.28. The molecular formula is C18H16N2O3S. The van der Waals surface area contributed by atoms with E-state index >= 15 is 0 Å². The van der Waals surface area contributed by atoms with E-state index in [1.165, 1.54) is 0 Å². The van der Waals surface area contributed by atoms with Crippen molar-refractivity contribution >= 4 is 17.7 Å². The summed E-state index contributed by atoms with van der Waals surface area (Å²) in [6.07, 6.45) is 0. The zero-order chi connectivity index (χ0) is 16.8. The van der Waals surface area contributed by atoms with Crippen LogP contribution in [0.1, 0.15) is 23.2 Å². The second kappa shape index (κ2) is 7.79. The summed E-state index contributed by atoms with van der Waals surface area (Å²) in [4.78, 5) is 13.2. The van der Waals surface area contributed by atoms with Gasteiger partial charge in [-0.2, -0.15) is 0 Å². The van der Waals surface area contributed by atoms with Gasteiger partial charge in [0.25, 0.3) is 5.89 Å². The molecule has 0 unspecified atom stereocenters. The lowest BCUT2D eigenvalue weighted by Crippen LogP contribution is -2.06. The average Bonchev–Trinajstić information content (AvgIpc) is 3.10. The Morgan fingerprint density at radius 2 is 1.83 bits per heavy atom. The maximum atomic E-state index is 12.3. The zero-order valence-corrected chi connectivity index (χ0v) is 14.0. The fourth-order valence-corrected chi connectivity index (χ4v) is 2.92. The van der Waals surface area contributed by atoms with Crippen molar-refractivity contribution in [3.05, 3.63) is 66.1 Å². The highest BCUT2D eigenvalue weighted by atomic mass is 32.2. The highest BCUT2D eigenvalue weighted by Gasteiger charge is 2.15. The van der Waals surface area contributed by atoms with Crippen LogP contribution in [0, 0.1) is 0 Å². The van der Waals surface area contributed by atoms with Crippen molar-refractivity contribution in [3.8, 4) is 11.5 Å². The molecule has 1 heterocycles. The molecule has 2 aromatic carbocycles. The molecule has 3 rings (SSSR count). The molecule has 122 valence electrons. The second-order valence-electron chi connectivity index (χ2n) is 4.87. The molecule has 24 heavy (non-hydrogen) atoms. The zero-order valence-electron chi connectivity index (χ0n) is 13.1. The number of nitrogens with zero attached hydrogens (tertiary/aromatic N) is 2. The van der Waals surface area contributed by atoms with Crippen molar-refractivity contribution < 1.29 is 13.9 Å². The molecule has 0 N–H and O–H groups in total. The minimum Gasteiger partial charge on any atom is -0.452 e. The summed E-state index contributed by atoms with van der Waals surface area (Å²) >= 11 is 1.60. The number of rotatable bonds is 6. The van der Waals surface area contributed by atoms with Crippen LogP contribution >= 0.6 is 11.8 Å². The molecule has 0 aliphatic carbocycles. The Morgan fingerprint density at radius 1 is 1.08 bits per heavy atom. The fourth-order valence-electron chi connectivity index (χ4n) is 2.13. The largest absolute Gasteiger partial charge is 0.452 e. The number of hydrogen-bond donors (Lipinski definition) is 0. The molecule has 0 atom stereocenters. The third-order valence-electron chi connectivity index (χ3n) is 3.22. The Labute approximate surface area is 144 Å². The van der Waals surface area contributed by atoms with Gasteiger partial charge in [0.15, 0.2) is 6.61 Å². The SMILES string of the molecule is CCSc1ccccc1C(=O)OCc1nnc(-c2ccccc2)o1. The van der Waals surface area contributed by atoms with Crippen LogP contribution in [0.25, 0.3) is 11.5 Å². The molecule has 6 heteroatoms. The Bertz CT molecular complexity index is 818. The molecule has 0 saturated carbocycles. The van der Waals surface area contributed by atoms with E-state index in [0.717, 1.165) is 16.2 Å². The maximum Gasteiger partial charge on any atom is 0.339 e. The summed E-state index contributed by atoms with van der Waals surface area (Å²) in [5, 5.41) is 7.89. The van der Waals surface area contributed by atoms with E-state index in [2.05, 4.69) is 10.2 Å². The van der Waals surface area contributed by atoms with E-state index in [4.69, 9.17) is 9.15 Å². The monoisotopic (exact) mass is 340 g/mol. The van der Waals surface area contributed by atoms with Crippen LogP contribution in [0.3, 0.4) is 0 Å². The van der Waals surface area contributed by atoms with Crippen molar-refractivity contribution in [2.45, 2.75) is 18.4 Å². The molecule has 3 aromatic rings. The van der Waals surface area contributed by atoms with E-state index in [-0.39, 0.29) is 12.5 Å². The smallest absolute Gasteiger partial charge is 0.339 e. The first kappa shape index (κ1) is 16.3. The van der Waals surface area contributed by atoms with Crippen molar-refractivity contribution in [3.63, 3.8) is 0 Å². The summed E-state index contributed by atoms with van der Waals surface area (Å²) in [6.45, 7) is 1.99. The van der Waals surface area contributed by atoms with Crippen LogP contribution in [0.15, 0.2) is 63.9 Å². The summed E-state index contributed by atoms with van der Waals surface area (Å²) in [6, 6.07) is 16.8. The lowest BCUT2D eigenvalue weighted by Gasteiger charge is -2.07. The Morgan fingerprint density at radius 3 is 2.62 bits per heavy atom. The van der Waals surface area contributed by atoms with Gasteiger partial charge >= 0.3 is 5.97 Å². The molecule has 0 spiro atoms. The van der Waals surface area contributed by atoms with E-state index in [1.54, 1.807) is 17.8 Å². The average molecular weight is 340 g/mol. The van der Waals surface area contributed by atoms with Crippen LogP contribution < -0.4 is 0 Å². The van der Waals surface area contributed by atoms with E-state index < -0.39 is 5.97 Å². The van der Waals surface area contributed by atoms with Gasteiger partial charge < -0.3 is 9.15 Å². The minimum absolute atomic E-state index is 0.0518. The third-order valence-corrected chi connectivity index (χ3v) is 4.18. The highest BCUT2D eigenvalue weighted by molar-refractivity contribution is 7.99. The molecule has 0 aliphatic rings. The number of aromatic nitrogens is 2. The highest BCUT2D eigenvalue weighted by Crippen LogP contribution is 2.23. The topological polar surface area (TPSA) is 65.2 Å². The van der Waals surface area contributed by atoms with Crippen LogP contribution in [0.4, 0.5) is 0 Å². The van der Waals surface area contributed by atoms with Gasteiger partial charge in [0.1, 0.15) is 0 Å². The van der Waals surface area contributed by atoms with Gasteiger partial charge in [-0.3, -0.25) is 0 Å². The van der Waals surface area contributed by atoms with E-state index in [9.17, 15) is 4.79 Å². The van der Waals surface area contributed by atoms with Gasteiger partial charge in [0, 0.05) is 10.5 Å². The van der Waals surface area contributed by atoms with Gasteiger partial charge in [-0.15, -0.1) is 22.0 Å². The molecule has 0 aliphatic heterocycles. The molecule has 1 aromatic heterocycles. The Balaban J connectivity index is 1.66. The molecule has 0 bridgehead atoms. The maximum absolute atomic E-state index is 12.3. The predicted molar refractivity (Wildman–Crippen MR) is 91.7 cm³/mol. The van der Waals surface area contributed by atoms with Crippen molar-refractivity contribution in [2.24, 2.45) is 0 Å². The van der Waals surface area contributed by atoms with Gasteiger partial charge in [-0.1, -0.05) is 37.3 Å². The van der Waals surface area contributed by atoms with Crippen molar-refractivity contribution in [1.82, 2.24) is 10.2 Å². The molecule has 5 nitrogen and oxygen atoms in total. The molecule has 0 saturated heterocycles. The van der Waals surface area contributed by atoms with Crippen LogP contribution in [-0.4, -0.2) is 21.9 Å². The van der Waals surface area contributed by atoms with E-state index in [0.29, 0.717) is 11.5 Å². The van der Waals surface area contributed by atoms with Crippen molar-refractivity contribution in [2.75, 3.05) is 5.75 Å². The van der Waals surface area contributed by atoms with Crippen molar-refractivity contribution in [1.29, 1.82) is 0 Å². The number of carbonyl (C=O) groups excluding carboxylic acids is 1. The molecule has 0 amide bonds. The lowest BCUT2D eigenvalue weighted by molar-refractivity contribution is 0.0434. The number of esters is 1. The first-order valence-electron chi connectivity index (χ1n) is 7.54. The fraction of sp³-hybridized carbons (Fsp3) is 0.167. The lowest BCUT2D eigenvalue weighted by atomic mass is 10.2. The molecule has 0 fully saturated rings. The van der Waals surface area contributed by atoms with Crippen LogP contribution in [0.2, 0.25) is 0 Å². The normalized spacial score (nSPS) is 10.5. The van der Waals surface area contributed by atoms with Gasteiger partial charge in [-0.25, -0.2) is 4.79 Å². The second-order valence-corrected chi connectivity index (χ2v) is 6.18. The quantitative estimate of drug-likeness (QED) is 0.495. The molecular weight excluding hydrogens is 324 g/mol. The van der Waals surface area contributed by atoms with Crippen LogP contribution in [0.5, 0.6) is 0 Å². The van der Waals surface area contributed by atoms with E-state index in [1.807, 2.05) is 55.5 Å². The number of thioether (sulfide) groups is 1. The summed E-state index contributed by atoms with van der Waals surface area (Å²) in [7, 11) is 0. The first-order chi connectivity index (χ1) is 11.8. The standard InChI is InChI=1S/C18H16N2O3S/c1-2-24-15-11-7-6-10-14(15)18(21)22-12-16-19-20-17(23-16)13-8-4-3-5-9-13/h3-11H,2,12H2,1H3. The Hall–Kier alpha value is -2.60. The van der Waals surface area contributed by atoms with Gasteiger partial charge in [0.2, 0.25) is 5.89 Å². The number of carbonyl (C=O) groups is 1. The third kappa shape index (κ3) is 3.83. The van der Waals surface area contributed by atoms with Crippen LogP contribution in [-0.2, 0) is 11.3 Å². The number of benzene rings is 2.